The van der Waals surface area contributed by atoms with E-state index in [0.29, 0.717) is 25.3 Å². The number of para-hydroxylation sites is 1. The maximum Gasteiger partial charge on any atom is 0.262 e. The molecule has 8 heteroatoms. The molecule has 1 unspecified atom stereocenters. The van der Waals surface area contributed by atoms with Crippen molar-refractivity contribution in [3.63, 3.8) is 0 Å². The van der Waals surface area contributed by atoms with Gasteiger partial charge in [-0.3, -0.25) is 9.59 Å². The molecule has 0 bridgehead atoms. The van der Waals surface area contributed by atoms with E-state index in [1.807, 2.05) is 48.5 Å². The van der Waals surface area contributed by atoms with Crippen molar-refractivity contribution < 1.29 is 23.8 Å². The van der Waals surface area contributed by atoms with E-state index in [1.54, 1.807) is 26.2 Å². The molecule has 1 atom stereocenters. The first-order valence-electron chi connectivity index (χ1n) is 12.0. The lowest BCUT2D eigenvalue weighted by atomic mass is 9.84. The third-order valence-electron chi connectivity index (χ3n) is 6.72. The number of rotatable bonds is 10. The second-order valence-electron chi connectivity index (χ2n) is 8.86. The number of carbonyl (C=O) groups is 2. The van der Waals surface area contributed by atoms with Crippen LogP contribution in [0.15, 0.2) is 53.6 Å². The number of benzene rings is 2. The fourth-order valence-corrected chi connectivity index (χ4v) is 4.52. The molecular weight excluding hydrogens is 446 g/mol. The maximum absolute atomic E-state index is 13.7. The molecule has 4 rings (SSSR count). The standard InChI is InChI=1S/C27H33N3O5/c1-33-15-14-29(27(32)19-8-6-9-19)18-26(31)30-24(22-12-4-5-13-25(22)35-3)17-23(28-30)20-10-7-11-21(16-20)34-2/h4-5,7,10-13,16,19,24H,6,8-9,14-15,17-18H2,1-3H3. The zero-order valence-corrected chi connectivity index (χ0v) is 20.6. The van der Waals surface area contributed by atoms with Crippen molar-refractivity contribution in [2.75, 3.05) is 41.0 Å². The summed E-state index contributed by atoms with van der Waals surface area (Å²) in [5.74, 6) is 1.20. The fourth-order valence-electron chi connectivity index (χ4n) is 4.52. The Morgan fingerprint density at radius 1 is 1.06 bits per heavy atom. The predicted octanol–water partition coefficient (Wildman–Crippen LogP) is 3.66. The molecule has 0 saturated heterocycles. The number of carbonyl (C=O) groups excluding carboxylic acids is 2. The summed E-state index contributed by atoms with van der Waals surface area (Å²) in [5, 5.41) is 6.27. The third-order valence-corrected chi connectivity index (χ3v) is 6.72. The van der Waals surface area contributed by atoms with E-state index in [-0.39, 0.29) is 30.3 Å². The van der Waals surface area contributed by atoms with Crippen LogP contribution >= 0.6 is 0 Å². The van der Waals surface area contributed by atoms with Gasteiger partial charge in [0, 0.05) is 37.1 Å². The Hall–Kier alpha value is -3.39. The minimum Gasteiger partial charge on any atom is -0.497 e. The van der Waals surface area contributed by atoms with Crippen molar-refractivity contribution in [1.82, 2.24) is 9.91 Å². The second-order valence-corrected chi connectivity index (χ2v) is 8.86. The maximum atomic E-state index is 13.7. The molecule has 2 aromatic carbocycles. The molecule has 1 heterocycles. The van der Waals surface area contributed by atoms with Crippen LogP contribution < -0.4 is 9.47 Å². The minimum atomic E-state index is -0.345. The Bertz CT molecular complexity index is 1080. The van der Waals surface area contributed by atoms with E-state index < -0.39 is 0 Å². The van der Waals surface area contributed by atoms with Crippen molar-refractivity contribution >= 4 is 17.5 Å². The van der Waals surface area contributed by atoms with Crippen molar-refractivity contribution in [3.8, 4) is 11.5 Å². The highest BCUT2D eigenvalue weighted by molar-refractivity contribution is 6.03. The van der Waals surface area contributed by atoms with E-state index in [0.717, 1.165) is 41.9 Å². The Morgan fingerprint density at radius 3 is 2.54 bits per heavy atom. The van der Waals surface area contributed by atoms with E-state index >= 15 is 0 Å². The Kier molecular flexibility index (Phi) is 8.02. The van der Waals surface area contributed by atoms with Crippen LogP contribution in [0.5, 0.6) is 11.5 Å². The topological polar surface area (TPSA) is 80.7 Å². The summed E-state index contributed by atoms with van der Waals surface area (Å²) in [5.41, 5.74) is 2.54. The highest BCUT2D eigenvalue weighted by Crippen LogP contribution is 2.38. The summed E-state index contributed by atoms with van der Waals surface area (Å²) in [6.45, 7) is 0.705. The molecule has 0 N–H and O–H groups in total. The van der Waals surface area contributed by atoms with Crippen LogP contribution in [0, 0.1) is 5.92 Å². The van der Waals surface area contributed by atoms with Gasteiger partial charge in [-0.25, -0.2) is 5.01 Å². The normalized spacial score (nSPS) is 17.5. The average Bonchev–Trinajstić information content (AvgIpc) is 3.31. The molecule has 1 fully saturated rings. The molecule has 1 aliphatic carbocycles. The largest absolute Gasteiger partial charge is 0.497 e. The van der Waals surface area contributed by atoms with Crippen LogP contribution in [0.3, 0.4) is 0 Å². The monoisotopic (exact) mass is 479 g/mol. The zero-order valence-electron chi connectivity index (χ0n) is 20.6. The first-order valence-corrected chi connectivity index (χ1v) is 12.0. The van der Waals surface area contributed by atoms with Crippen LogP contribution in [-0.2, 0) is 14.3 Å². The first-order chi connectivity index (χ1) is 17.0. The van der Waals surface area contributed by atoms with Gasteiger partial charge in [-0.15, -0.1) is 0 Å². The van der Waals surface area contributed by atoms with Crippen LogP contribution in [0.25, 0.3) is 0 Å². The van der Waals surface area contributed by atoms with Gasteiger partial charge < -0.3 is 19.1 Å². The van der Waals surface area contributed by atoms with Crippen LogP contribution in [0.2, 0.25) is 0 Å². The molecule has 2 aromatic rings. The van der Waals surface area contributed by atoms with Gasteiger partial charge in [0.15, 0.2) is 0 Å². The summed E-state index contributed by atoms with van der Waals surface area (Å²) < 4.78 is 16.2. The van der Waals surface area contributed by atoms with Gasteiger partial charge in [0.2, 0.25) is 5.91 Å². The van der Waals surface area contributed by atoms with Gasteiger partial charge in [0.25, 0.3) is 5.91 Å². The van der Waals surface area contributed by atoms with E-state index in [4.69, 9.17) is 19.3 Å². The average molecular weight is 480 g/mol. The van der Waals surface area contributed by atoms with Crippen molar-refractivity contribution in [3.05, 3.63) is 59.7 Å². The number of hydrazone groups is 1. The zero-order chi connectivity index (χ0) is 24.8. The second kappa shape index (κ2) is 11.4. The third kappa shape index (κ3) is 5.48. The van der Waals surface area contributed by atoms with Crippen LogP contribution in [0.4, 0.5) is 0 Å². The molecule has 0 spiro atoms. The molecule has 2 amide bonds. The molecule has 8 nitrogen and oxygen atoms in total. The summed E-state index contributed by atoms with van der Waals surface area (Å²) in [7, 11) is 4.83. The van der Waals surface area contributed by atoms with Gasteiger partial charge in [-0.05, 0) is 31.0 Å². The minimum absolute atomic E-state index is 0.000839. The molecule has 1 aliphatic heterocycles. The predicted molar refractivity (Wildman–Crippen MR) is 133 cm³/mol. The summed E-state index contributed by atoms with van der Waals surface area (Å²) in [6, 6.07) is 15.0. The molecule has 35 heavy (non-hydrogen) atoms. The Morgan fingerprint density at radius 2 is 1.86 bits per heavy atom. The highest BCUT2D eigenvalue weighted by atomic mass is 16.5. The highest BCUT2D eigenvalue weighted by Gasteiger charge is 2.37. The fraction of sp³-hybridized carbons (Fsp3) is 0.444. The lowest BCUT2D eigenvalue weighted by Gasteiger charge is -2.32. The van der Waals surface area contributed by atoms with Crippen LogP contribution in [0.1, 0.15) is 42.9 Å². The molecule has 0 aromatic heterocycles. The number of hydrogen-bond donors (Lipinski definition) is 0. The summed E-state index contributed by atoms with van der Waals surface area (Å²) in [4.78, 5) is 28.3. The van der Waals surface area contributed by atoms with Gasteiger partial charge in [0.05, 0.1) is 32.6 Å². The van der Waals surface area contributed by atoms with Gasteiger partial charge in [-0.2, -0.15) is 5.10 Å². The molecule has 1 saturated carbocycles. The lowest BCUT2D eigenvalue weighted by molar-refractivity contribution is -0.146. The van der Waals surface area contributed by atoms with Crippen molar-refractivity contribution in [2.24, 2.45) is 11.0 Å². The Labute approximate surface area is 206 Å². The first kappa shape index (κ1) is 24.7. The number of methoxy groups -OCH3 is 3. The molecule has 0 radical (unpaired) electrons. The van der Waals surface area contributed by atoms with Crippen molar-refractivity contribution in [2.45, 2.75) is 31.7 Å². The van der Waals surface area contributed by atoms with E-state index in [1.165, 1.54) is 5.01 Å². The van der Waals surface area contributed by atoms with Gasteiger partial charge in [0.1, 0.15) is 18.0 Å². The van der Waals surface area contributed by atoms with Crippen molar-refractivity contribution in [1.29, 1.82) is 0 Å². The van der Waals surface area contributed by atoms with Crippen LogP contribution in [-0.4, -0.2) is 68.5 Å². The van der Waals surface area contributed by atoms with E-state index in [2.05, 4.69) is 0 Å². The number of nitrogens with zero attached hydrogens (tertiary/aromatic N) is 3. The summed E-state index contributed by atoms with van der Waals surface area (Å²) in [6.07, 6.45) is 3.33. The smallest absolute Gasteiger partial charge is 0.262 e. The Balaban J connectivity index is 1.64. The molecule has 186 valence electrons. The number of amides is 2. The van der Waals surface area contributed by atoms with Gasteiger partial charge in [-0.1, -0.05) is 36.8 Å². The quantitative estimate of drug-likeness (QED) is 0.520. The molecule has 2 aliphatic rings. The lowest BCUT2D eigenvalue weighted by Crippen LogP contribution is -2.46. The molecular formula is C27H33N3O5. The summed E-state index contributed by atoms with van der Waals surface area (Å²) >= 11 is 0. The SMILES string of the molecule is COCCN(CC(=O)N1N=C(c2cccc(OC)c2)CC1c1ccccc1OC)C(=O)C1CCC1. The van der Waals surface area contributed by atoms with Gasteiger partial charge >= 0.3 is 0 Å². The van der Waals surface area contributed by atoms with E-state index in [9.17, 15) is 9.59 Å². The number of ether oxygens (including phenoxy) is 3. The number of hydrogen-bond acceptors (Lipinski definition) is 6.